The Kier molecular flexibility index (Phi) is 6.31. The number of oxime groups is 1. The van der Waals surface area contributed by atoms with E-state index in [1.54, 1.807) is 0 Å². The predicted octanol–water partition coefficient (Wildman–Crippen LogP) is 7.82. The normalized spacial score (nSPS) is 41.8. The highest BCUT2D eigenvalue weighted by atomic mass is 28.4. The predicted molar refractivity (Wildman–Crippen MR) is 139 cm³/mol. The standard InChI is InChI=1S/C29H45NO2Si/c1-28-17-15-23(32-33(3,4)5)19-22(28)11-12-24-25-13-14-27(29(25,2)18-16-26(24)28)30-31-20-21-9-7-6-8-10-21/h6-10,22-26H,11-20H2,1-5H3/b30-27-/t22-,23+,24-,25-,26-,28-,29-/m0/s1. The van der Waals surface area contributed by atoms with Crippen molar-refractivity contribution in [2.45, 2.75) is 104 Å². The molecule has 0 saturated heterocycles. The van der Waals surface area contributed by atoms with E-state index in [0.717, 1.165) is 30.1 Å². The maximum absolute atomic E-state index is 6.59. The largest absolute Gasteiger partial charge is 0.415 e. The van der Waals surface area contributed by atoms with Gasteiger partial charge in [0.1, 0.15) is 6.61 Å². The number of rotatable bonds is 5. The molecular formula is C29H45NO2Si. The molecule has 0 amide bonds. The van der Waals surface area contributed by atoms with Crippen LogP contribution in [0.25, 0.3) is 0 Å². The van der Waals surface area contributed by atoms with Gasteiger partial charge in [-0.15, -0.1) is 0 Å². The lowest BCUT2D eigenvalue weighted by Crippen LogP contribution is -2.54. The summed E-state index contributed by atoms with van der Waals surface area (Å²) in [5.74, 6) is 3.43. The first-order chi connectivity index (χ1) is 15.7. The van der Waals surface area contributed by atoms with Crippen molar-refractivity contribution < 1.29 is 9.26 Å². The number of benzene rings is 1. The minimum atomic E-state index is -1.45. The Bertz CT molecular complexity index is 864. The molecule has 33 heavy (non-hydrogen) atoms. The molecule has 4 saturated carbocycles. The van der Waals surface area contributed by atoms with Crippen molar-refractivity contribution in [1.29, 1.82) is 0 Å². The van der Waals surface area contributed by atoms with E-state index in [0.29, 0.717) is 18.1 Å². The SMILES string of the molecule is C[C@]12CC[C@@H](O[Si](C)(C)C)C[C@@H]1CC[C@@H]1[C@@H]2CC[C@]2(C)/C(=N\OCc3ccccc3)CC[C@@H]12. The van der Waals surface area contributed by atoms with Crippen molar-refractivity contribution in [3.8, 4) is 0 Å². The van der Waals surface area contributed by atoms with E-state index in [2.05, 4.69) is 63.8 Å². The third-order valence-electron chi connectivity index (χ3n) is 10.1. The highest BCUT2D eigenvalue weighted by Gasteiger charge is 2.59. The first-order valence-corrected chi connectivity index (χ1v) is 17.0. The first kappa shape index (κ1) is 23.6. The molecule has 3 nitrogen and oxygen atoms in total. The second-order valence-corrected chi connectivity index (χ2v) is 17.5. The summed E-state index contributed by atoms with van der Waals surface area (Å²) < 4.78 is 6.59. The average Bonchev–Trinajstić information content (AvgIpc) is 3.10. The first-order valence-electron chi connectivity index (χ1n) is 13.6. The van der Waals surface area contributed by atoms with Crippen molar-refractivity contribution in [1.82, 2.24) is 0 Å². The van der Waals surface area contributed by atoms with Crippen LogP contribution in [-0.4, -0.2) is 20.1 Å². The molecular weight excluding hydrogens is 422 g/mol. The molecule has 1 aromatic rings. The molecule has 5 rings (SSSR count). The summed E-state index contributed by atoms with van der Waals surface area (Å²) in [6.07, 6.45) is 12.4. The van der Waals surface area contributed by atoms with Gasteiger partial charge >= 0.3 is 0 Å². The monoisotopic (exact) mass is 467 g/mol. The van der Waals surface area contributed by atoms with Gasteiger partial charge in [0.15, 0.2) is 8.32 Å². The lowest BCUT2D eigenvalue weighted by atomic mass is 9.45. The molecule has 0 unspecified atom stereocenters. The van der Waals surface area contributed by atoms with Crippen LogP contribution in [0.4, 0.5) is 0 Å². The fourth-order valence-corrected chi connectivity index (χ4v) is 9.74. The number of nitrogens with zero attached hydrogens (tertiary/aromatic N) is 1. The highest BCUT2D eigenvalue weighted by molar-refractivity contribution is 6.69. The van der Waals surface area contributed by atoms with Crippen LogP contribution in [0.5, 0.6) is 0 Å². The highest BCUT2D eigenvalue weighted by Crippen LogP contribution is 2.65. The van der Waals surface area contributed by atoms with Crippen LogP contribution in [-0.2, 0) is 15.9 Å². The van der Waals surface area contributed by atoms with Crippen molar-refractivity contribution in [2.24, 2.45) is 39.7 Å². The van der Waals surface area contributed by atoms with Gasteiger partial charge in [-0.3, -0.25) is 0 Å². The van der Waals surface area contributed by atoms with Crippen LogP contribution in [0.2, 0.25) is 19.6 Å². The fourth-order valence-electron chi connectivity index (χ4n) is 8.52. The van der Waals surface area contributed by atoms with Gasteiger partial charge in [-0.05, 0) is 112 Å². The molecule has 0 spiro atoms. The van der Waals surface area contributed by atoms with E-state index < -0.39 is 8.32 Å². The Labute approximate surface area is 202 Å². The van der Waals surface area contributed by atoms with E-state index in [1.165, 1.54) is 62.6 Å². The lowest BCUT2D eigenvalue weighted by molar-refractivity contribution is -0.111. The van der Waals surface area contributed by atoms with Gasteiger partial charge in [0.05, 0.1) is 5.71 Å². The van der Waals surface area contributed by atoms with Gasteiger partial charge in [0.25, 0.3) is 0 Å². The van der Waals surface area contributed by atoms with Crippen molar-refractivity contribution in [3.05, 3.63) is 35.9 Å². The summed E-state index contributed by atoms with van der Waals surface area (Å²) >= 11 is 0. The van der Waals surface area contributed by atoms with Gasteiger partial charge in [0.2, 0.25) is 0 Å². The molecule has 4 aliphatic rings. The van der Waals surface area contributed by atoms with E-state index in [1.807, 2.05) is 0 Å². The van der Waals surface area contributed by atoms with Crippen molar-refractivity contribution in [2.75, 3.05) is 0 Å². The van der Waals surface area contributed by atoms with E-state index in [4.69, 9.17) is 14.4 Å². The average molecular weight is 468 g/mol. The lowest BCUT2D eigenvalue weighted by Gasteiger charge is -2.60. The zero-order valence-corrected chi connectivity index (χ0v) is 22.6. The fraction of sp³-hybridized carbons (Fsp3) is 0.759. The minimum absolute atomic E-state index is 0.249. The summed E-state index contributed by atoms with van der Waals surface area (Å²) in [7, 11) is -1.45. The second-order valence-electron chi connectivity index (χ2n) is 13.1. The van der Waals surface area contributed by atoms with Crippen LogP contribution in [0.15, 0.2) is 35.5 Å². The Balaban J connectivity index is 1.26. The molecule has 182 valence electrons. The van der Waals surface area contributed by atoms with E-state index in [9.17, 15) is 0 Å². The van der Waals surface area contributed by atoms with E-state index in [-0.39, 0.29) is 5.41 Å². The molecule has 4 heteroatoms. The zero-order valence-electron chi connectivity index (χ0n) is 21.6. The molecule has 4 aliphatic carbocycles. The summed E-state index contributed by atoms with van der Waals surface area (Å²) in [6.45, 7) is 12.8. The Hall–Kier alpha value is -1.13. The van der Waals surface area contributed by atoms with Gasteiger partial charge in [-0.1, -0.05) is 49.3 Å². The van der Waals surface area contributed by atoms with Crippen LogP contribution in [0.1, 0.15) is 77.2 Å². The van der Waals surface area contributed by atoms with Gasteiger partial charge in [-0.2, -0.15) is 0 Å². The molecule has 0 bridgehead atoms. The summed E-state index contributed by atoms with van der Waals surface area (Å²) in [5, 5.41) is 4.76. The summed E-state index contributed by atoms with van der Waals surface area (Å²) in [5.41, 5.74) is 3.32. The Morgan fingerprint density at radius 2 is 1.73 bits per heavy atom. The maximum Gasteiger partial charge on any atom is 0.184 e. The van der Waals surface area contributed by atoms with Crippen molar-refractivity contribution in [3.63, 3.8) is 0 Å². The zero-order chi connectivity index (χ0) is 23.3. The molecule has 7 atom stereocenters. The van der Waals surface area contributed by atoms with Crippen molar-refractivity contribution >= 4 is 14.0 Å². The maximum atomic E-state index is 6.59. The van der Waals surface area contributed by atoms with Crippen LogP contribution < -0.4 is 0 Å². The van der Waals surface area contributed by atoms with E-state index >= 15 is 0 Å². The van der Waals surface area contributed by atoms with Gasteiger partial charge < -0.3 is 9.26 Å². The Morgan fingerprint density at radius 1 is 0.939 bits per heavy atom. The van der Waals surface area contributed by atoms with Gasteiger partial charge in [-0.25, -0.2) is 0 Å². The molecule has 4 fully saturated rings. The summed E-state index contributed by atoms with van der Waals surface area (Å²) in [4.78, 5) is 5.89. The minimum Gasteiger partial charge on any atom is -0.415 e. The van der Waals surface area contributed by atoms with Crippen LogP contribution in [0, 0.1) is 34.5 Å². The summed E-state index contributed by atoms with van der Waals surface area (Å²) in [6, 6.07) is 10.4. The molecule has 0 heterocycles. The number of fused-ring (bicyclic) bond motifs is 5. The smallest absolute Gasteiger partial charge is 0.184 e. The quantitative estimate of drug-likeness (QED) is 0.326. The number of hydrogen-bond donors (Lipinski definition) is 0. The Morgan fingerprint density at radius 3 is 2.48 bits per heavy atom. The molecule has 0 N–H and O–H groups in total. The topological polar surface area (TPSA) is 30.8 Å². The number of hydrogen-bond acceptors (Lipinski definition) is 3. The van der Waals surface area contributed by atoms with Crippen LogP contribution >= 0.6 is 0 Å². The third kappa shape index (κ3) is 4.47. The molecule has 0 aromatic heterocycles. The second kappa shape index (κ2) is 8.82. The molecule has 0 radical (unpaired) electrons. The molecule has 0 aliphatic heterocycles. The van der Waals surface area contributed by atoms with Gasteiger partial charge in [0, 0.05) is 11.5 Å². The molecule has 1 aromatic carbocycles. The van der Waals surface area contributed by atoms with Crippen LogP contribution in [0.3, 0.4) is 0 Å². The third-order valence-corrected chi connectivity index (χ3v) is 11.2.